The van der Waals surface area contributed by atoms with Crippen LogP contribution in [0.5, 0.6) is 0 Å². The third-order valence-corrected chi connectivity index (χ3v) is 4.44. The van der Waals surface area contributed by atoms with Crippen molar-refractivity contribution in [2.45, 2.75) is 19.0 Å². The quantitative estimate of drug-likeness (QED) is 0.623. The van der Waals surface area contributed by atoms with Gasteiger partial charge in [-0.15, -0.1) is 0 Å². The molecule has 0 saturated carbocycles. The molecule has 1 aromatic carbocycles. The highest BCUT2D eigenvalue weighted by atomic mass is 19.4. The molecule has 0 fully saturated rings. The number of hydrogen-bond donors (Lipinski definition) is 0. The van der Waals surface area contributed by atoms with E-state index in [0.717, 1.165) is 54.4 Å². The largest absolute Gasteiger partial charge is 0.619 e. The fraction of sp³-hybridized carbons (Fsp3) is 0.316. The monoisotopic (exact) mass is 348 g/mol. The van der Waals surface area contributed by atoms with Crippen LogP contribution in [0, 0.1) is 5.21 Å². The Bertz CT molecular complexity index is 754. The van der Waals surface area contributed by atoms with E-state index in [1.54, 1.807) is 18.2 Å². The van der Waals surface area contributed by atoms with Gasteiger partial charge in [-0.2, -0.15) is 17.9 Å². The maximum absolute atomic E-state index is 12.8. The molecule has 0 spiro atoms. The van der Waals surface area contributed by atoms with Crippen LogP contribution >= 0.6 is 0 Å². The summed E-state index contributed by atoms with van der Waals surface area (Å²) in [6.45, 7) is 2.39. The predicted octanol–water partition coefficient (Wildman–Crippen LogP) is 3.67. The van der Waals surface area contributed by atoms with Crippen LogP contribution < -0.4 is 4.73 Å². The molecule has 0 bridgehead atoms. The molecule has 132 valence electrons. The maximum atomic E-state index is 12.8. The van der Waals surface area contributed by atoms with Crippen molar-refractivity contribution in [3.05, 3.63) is 76.8 Å². The SMILES string of the molecule is [O-][n+]1ccc(CCN2CC=C(c3cccc(C(F)(F)F)c3)CC2)cc1. The Morgan fingerprint density at radius 1 is 1.12 bits per heavy atom. The molecule has 3 nitrogen and oxygen atoms in total. The summed E-state index contributed by atoms with van der Waals surface area (Å²) in [4.78, 5) is 2.26. The van der Waals surface area contributed by atoms with E-state index in [4.69, 9.17) is 0 Å². The van der Waals surface area contributed by atoms with E-state index in [1.807, 2.05) is 6.08 Å². The normalized spacial score (nSPS) is 15.9. The summed E-state index contributed by atoms with van der Waals surface area (Å²) in [7, 11) is 0. The number of aromatic nitrogens is 1. The minimum atomic E-state index is -4.31. The zero-order valence-corrected chi connectivity index (χ0v) is 13.7. The summed E-state index contributed by atoms with van der Waals surface area (Å²) in [5.41, 5.74) is 2.11. The summed E-state index contributed by atoms with van der Waals surface area (Å²) in [6, 6.07) is 9.14. The molecule has 3 rings (SSSR count). The highest BCUT2D eigenvalue weighted by Crippen LogP contribution is 2.32. The minimum Gasteiger partial charge on any atom is -0.619 e. The molecule has 0 unspecified atom stereocenters. The third kappa shape index (κ3) is 4.60. The van der Waals surface area contributed by atoms with Crippen molar-refractivity contribution in [3.8, 4) is 0 Å². The molecular weight excluding hydrogens is 329 g/mol. The number of benzene rings is 1. The van der Waals surface area contributed by atoms with Crippen LogP contribution in [0.4, 0.5) is 13.2 Å². The molecule has 6 heteroatoms. The van der Waals surface area contributed by atoms with E-state index in [0.29, 0.717) is 5.56 Å². The van der Waals surface area contributed by atoms with Crippen molar-refractivity contribution in [2.75, 3.05) is 19.6 Å². The summed E-state index contributed by atoms with van der Waals surface area (Å²) in [5, 5.41) is 11.0. The molecule has 0 aliphatic carbocycles. The summed E-state index contributed by atoms with van der Waals surface area (Å²) in [5.74, 6) is 0. The number of rotatable bonds is 4. The van der Waals surface area contributed by atoms with Gasteiger partial charge < -0.3 is 5.21 Å². The average molecular weight is 348 g/mol. The smallest absolute Gasteiger partial charge is 0.416 e. The third-order valence-electron chi connectivity index (χ3n) is 4.44. The standard InChI is InChI=1S/C19H19F3N2O/c20-19(21,22)18-3-1-2-17(14-18)16-7-10-23(11-8-16)9-4-15-5-12-24(25)13-6-15/h1-3,5-7,12-14H,4,8-11H2. The molecule has 0 amide bonds. The molecular formula is C19H19F3N2O. The summed E-state index contributed by atoms with van der Waals surface area (Å²) >= 11 is 0. The van der Waals surface area contributed by atoms with E-state index in [1.165, 1.54) is 24.5 Å². The van der Waals surface area contributed by atoms with Crippen LogP contribution in [-0.4, -0.2) is 24.5 Å². The molecule has 25 heavy (non-hydrogen) atoms. The molecule has 0 atom stereocenters. The van der Waals surface area contributed by atoms with Crippen LogP contribution in [-0.2, 0) is 12.6 Å². The van der Waals surface area contributed by atoms with Gasteiger partial charge >= 0.3 is 6.18 Å². The van der Waals surface area contributed by atoms with Gasteiger partial charge in [0.1, 0.15) is 0 Å². The van der Waals surface area contributed by atoms with Gasteiger partial charge in [0.15, 0.2) is 12.4 Å². The van der Waals surface area contributed by atoms with Crippen molar-refractivity contribution in [2.24, 2.45) is 0 Å². The Labute approximate surface area is 144 Å². The first-order valence-electron chi connectivity index (χ1n) is 8.18. The lowest BCUT2D eigenvalue weighted by molar-refractivity contribution is -0.605. The highest BCUT2D eigenvalue weighted by Gasteiger charge is 2.30. The Morgan fingerprint density at radius 3 is 2.52 bits per heavy atom. The van der Waals surface area contributed by atoms with Crippen molar-refractivity contribution in [3.63, 3.8) is 0 Å². The lowest BCUT2D eigenvalue weighted by atomic mass is 9.97. The molecule has 1 aliphatic rings. The van der Waals surface area contributed by atoms with E-state index in [9.17, 15) is 18.4 Å². The first kappa shape index (κ1) is 17.5. The van der Waals surface area contributed by atoms with Crippen LogP contribution in [0.1, 0.15) is 23.1 Å². The van der Waals surface area contributed by atoms with Crippen molar-refractivity contribution in [1.82, 2.24) is 4.90 Å². The van der Waals surface area contributed by atoms with Gasteiger partial charge in [0, 0.05) is 31.8 Å². The fourth-order valence-electron chi connectivity index (χ4n) is 2.97. The Morgan fingerprint density at radius 2 is 1.88 bits per heavy atom. The molecule has 1 aliphatic heterocycles. The second-order valence-electron chi connectivity index (χ2n) is 6.17. The molecule has 0 N–H and O–H groups in total. The Balaban J connectivity index is 1.60. The predicted molar refractivity (Wildman–Crippen MR) is 89.6 cm³/mol. The fourth-order valence-corrected chi connectivity index (χ4v) is 2.97. The van der Waals surface area contributed by atoms with Gasteiger partial charge in [-0.05, 0) is 41.7 Å². The Kier molecular flexibility index (Phi) is 5.08. The first-order valence-corrected chi connectivity index (χ1v) is 8.18. The number of alkyl halides is 3. The van der Waals surface area contributed by atoms with Crippen LogP contribution in [0.3, 0.4) is 0 Å². The van der Waals surface area contributed by atoms with E-state index >= 15 is 0 Å². The van der Waals surface area contributed by atoms with Crippen LogP contribution in [0.15, 0.2) is 54.9 Å². The number of pyridine rings is 1. The zero-order valence-electron chi connectivity index (χ0n) is 13.7. The number of hydrogen-bond acceptors (Lipinski definition) is 2. The average Bonchev–Trinajstić information content (AvgIpc) is 2.61. The number of nitrogens with zero attached hydrogens (tertiary/aromatic N) is 2. The second kappa shape index (κ2) is 7.27. The lowest BCUT2D eigenvalue weighted by Crippen LogP contribution is -2.31. The minimum absolute atomic E-state index is 0.604. The molecule has 1 aromatic heterocycles. The maximum Gasteiger partial charge on any atom is 0.416 e. The summed E-state index contributed by atoms with van der Waals surface area (Å²) < 4.78 is 39.3. The van der Waals surface area contributed by atoms with Gasteiger partial charge in [0.2, 0.25) is 0 Å². The summed E-state index contributed by atoms with van der Waals surface area (Å²) in [6.07, 6.45) is 2.24. The molecule has 2 heterocycles. The van der Waals surface area contributed by atoms with Crippen LogP contribution in [0.2, 0.25) is 0 Å². The molecule has 0 radical (unpaired) electrons. The number of halogens is 3. The van der Waals surface area contributed by atoms with Crippen molar-refractivity contribution in [1.29, 1.82) is 0 Å². The lowest BCUT2D eigenvalue weighted by Gasteiger charge is -2.26. The molecule has 2 aromatic rings. The van der Waals surface area contributed by atoms with Gasteiger partial charge in [-0.1, -0.05) is 18.2 Å². The van der Waals surface area contributed by atoms with Gasteiger partial charge in [-0.25, -0.2) is 0 Å². The highest BCUT2D eigenvalue weighted by molar-refractivity contribution is 5.67. The van der Waals surface area contributed by atoms with Crippen molar-refractivity contribution < 1.29 is 17.9 Å². The Hall–Kier alpha value is -2.34. The van der Waals surface area contributed by atoms with E-state index in [2.05, 4.69) is 4.90 Å². The van der Waals surface area contributed by atoms with E-state index in [-0.39, 0.29) is 0 Å². The topological polar surface area (TPSA) is 30.2 Å². The van der Waals surface area contributed by atoms with Gasteiger partial charge in [0.25, 0.3) is 0 Å². The van der Waals surface area contributed by atoms with Gasteiger partial charge in [0.05, 0.1) is 5.56 Å². The van der Waals surface area contributed by atoms with Crippen LogP contribution in [0.25, 0.3) is 5.57 Å². The van der Waals surface area contributed by atoms with Crippen molar-refractivity contribution >= 4 is 5.57 Å². The first-order chi connectivity index (χ1) is 11.9. The zero-order chi connectivity index (χ0) is 17.9. The van der Waals surface area contributed by atoms with Gasteiger partial charge in [-0.3, -0.25) is 4.90 Å². The van der Waals surface area contributed by atoms with E-state index < -0.39 is 11.7 Å². The molecule has 0 saturated heterocycles. The second-order valence-corrected chi connectivity index (χ2v) is 6.17.